The summed E-state index contributed by atoms with van der Waals surface area (Å²) in [6.45, 7) is 0.113. The normalized spacial score (nSPS) is 10.1. The number of hydrogen-bond acceptors (Lipinski definition) is 3. The molecular formula is C7H7BrO3S. The predicted molar refractivity (Wildman–Crippen MR) is 49.3 cm³/mol. The molecule has 0 aliphatic carbocycles. The first-order chi connectivity index (χ1) is 5.68. The summed E-state index contributed by atoms with van der Waals surface area (Å²) in [5, 5.41) is 10.2. The number of carbonyl (C=O) groups is 1. The van der Waals surface area contributed by atoms with Crippen molar-refractivity contribution in [3.8, 4) is 0 Å². The molecule has 3 nitrogen and oxygen atoms in total. The minimum absolute atomic E-state index is 0.243. The first kappa shape index (κ1) is 9.70. The minimum Gasteiger partial charge on any atom is -0.480 e. The molecule has 66 valence electrons. The topological polar surface area (TPSA) is 46.5 Å². The molecule has 0 saturated carbocycles. The molecule has 1 aromatic heterocycles. The van der Waals surface area contributed by atoms with E-state index in [1.165, 1.54) is 0 Å². The molecular weight excluding hydrogens is 244 g/mol. The molecule has 0 aliphatic heterocycles. The highest BCUT2D eigenvalue weighted by Gasteiger charge is 1.99. The Morgan fingerprint density at radius 2 is 2.50 bits per heavy atom. The lowest BCUT2D eigenvalue weighted by Gasteiger charge is -1.96. The van der Waals surface area contributed by atoms with E-state index in [2.05, 4.69) is 15.9 Å². The van der Waals surface area contributed by atoms with Crippen LogP contribution in [0, 0.1) is 0 Å². The monoisotopic (exact) mass is 250 g/mol. The maximum Gasteiger partial charge on any atom is 0.329 e. The fraction of sp³-hybridized carbons (Fsp3) is 0.286. The molecule has 0 atom stereocenters. The molecule has 1 aromatic rings. The van der Waals surface area contributed by atoms with Gasteiger partial charge in [-0.25, -0.2) is 4.79 Å². The number of ether oxygens (including phenoxy) is 1. The largest absolute Gasteiger partial charge is 0.480 e. The van der Waals surface area contributed by atoms with E-state index in [9.17, 15) is 4.79 Å². The van der Waals surface area contributed by atoms with Gasteiger partial charge >= 0.3 is 5.97 Å². The number of carboxylic acids is 1. The average molecular weight is 251 g/mol. The second-order valence-electron chi connectivity index (χ2n) is 2.15. The third-order valence-corrected chi connectivity index (χ3v) is 2.67. The van der Waals surface area contributed by atoms with Crippen LogP contribution in [0.2, 0.25) is 0 Å². The standard InChI is InChI=1S/C7H7BrO3S/c8-6-1-5(4-12-6)2-11-3-7(9)10/h1,4H,2-3H2,(H,9,10). The molecule has 1 rings (SSSR count). The smallest absolute Gasteiger partial charge is 0.329 e. The molecule has 0 spiro atoms. The molecule has 0 amide bonds. The van der Waals surface area contributed by atoms with Crippen LogP contribution in [0.25, 0.3) is 0 Å². The number of hydrogen-bond donors (Lipinski definition) is 1. The lowest BCUT2D eigenvalue weighted by Crippen LogP contribution is -2.06. The summed E-state index contributed by atoms with van der Waals surface area (Å²) in [5.74, 6) is -0.940. The highest BCUT2D eigenvalue weighted by atomic mass is 79.9. The summed E-state index contributed by atoms with van der Waals surface area (Å²) in [6.07, 6.45) is 0. The van der Waals surface area contributed by atoms with E-state index in [0.717, 1.165) is 9.35 Å². The van der Waals surface area contributed by atoms with Crippen molar-refractivity contribution in [1.82, 2.24) is 0 Å². The fourth-order valence-corrected chi connectivity index (χ4v) is 1.87. The van der Waals surface area contributed by atoms with E-state index in [4.69, 9.17) is 9.84 Å². The predicted octanol–water partition coefficient (Wildman–Crippen LogP) is 2.11. The Hall–Kier alpha value is -0.390. The van der Waals surface area contributed by atoms with E-state index in [1.807, 2.05) is 11.4 Å². The zero-order chi connectivity index (χ0) is 8.97. The van der Waals surface area contributed by atoms with Crippen LogP contribution in [0.1, 0.15) is 5.56 Å². The van der Waals surface area contributed by atoms with Gasteiger partial charge in [0.25, 0.3) is 0 Å². The van der Waals surface area contributed by atoms with Crippen molar-refractivity contribution in [2.75, 3.05) is 6.61 Å². The van der Waals surface area contributed by atoms with Gasteiger partial charge in [-0.15, -0.1) is 11.3 Å². The number of thiophene rings is 1. The molecule has 1 heterocycles. The highest BCUT2D eigenvalue weighted by Crippen LogP contribution is 2.20. The fourth-order valence-electron chi connectivity index (χ4n) is 0.678. The van der Waals surface area contributed by atoms with Crippen LogP contribution in [0.5, 0.6) is 0 Å². The second-order valence-corrected chi connectivity index (χ2v) is 4.44. The molecule has 0 bridgehead atoms. The van der Waals surface area contributed by atoms with Crippen molar-refractivity contribution >= 4 is 33.2 Å². The molecule has 12 heavy (non-hydrogen) atoms. The van der Waals surface area contributed by atoms with E-state index in [1.54, 1.807) is 11.3 Å². The van der Waals surface area contributed by atoms with E-state index in [-0.39, 0.29) is 6.61 Å². The van der Waals surface area contributed by atoms with Crippen molar-refractivity contribution in [3.63, 3.8) is 0 Å². The Bertz CT molecular complexity index is 271. The molecule has 0 radical (unpaired) electrons. The highest BCUT2D eigenvalue weighted by molar-refractivity contribution is 9.11. The zero-order valence-electron chi connectivity index (χ0n) is 6.12. The molecule has 0 aliphatic rings. The lowest BCUT2D eigenvalue weighted by atomic mass is 10.4. The van der Waals surface area contributed by atoms with Crippen LogP contribution in [0.4, 0.5) is 0 Å². The first-order valence-corrected chi connectivity index (χ1v) is 4.88. The SMILES string of the molecule is O=C(O)COCc1csc(Br)c1. The summed E-state index contributed by atoms with van der Waals surface area (Å²) in [7, 11) is 0. The van der Waals surface area contributed by atoms with Crippen LogP contribution in [0.15, 0.2) is 15.2 Å². The molecule has 0 aromatic carbocycles. The molecule has 0 saturated heterocycles. The summed E-state index contributed by atoms with van der Waals surface area (Å²) in [6, 6.07) is 1.91. The maximum atomic E-state index is 10.1. The van der Waals surface area contributed by atoms with Crippen LogP contribution < -0.4 is 0 Å². The third kappa shape index (κ3) is 3.34. The summed E-state index contributed by atoms with van der Waals surface area (Å²) in [4.78, 5) is 10.1. The van der Waals surface area contributed by atoms with Crippen molar-refractivity contribution in [3.05, 3.63) is 20.8 Å². The zero-order valence-corrected chi connectivity index (χ0v) is 8.52. The Labute approximate surface area is 82.1 Å². The van der Waals surface area contributed by atoms with E-state index in [0.29, 0.717) is 6.61 Å². The quantitative estimate of drug-likeness (QED) is 0.891. The van der Waals surface area contributed by atoms with Gasteiger partial charge in [0.2, 0.25) is 0 Å². The Balaban J connectivity index is 2.29. The van der Waals surface area contributed by atoms with Gasteiger partial charge in [-0.05, 0) is 32.9 Å². The Morgan fingerprint density at radius 3 is 3.00 bits per heavy atom. The average Bonchev–Trinajstić information content (AvgIpc) is 2.35. The van der Waals surface area contributed by atoms with Gasteiger partial charge in [0, 0.05) is 0 Å². The maximum absolute atomic E-state index is 10.1. The Kier molecular flexibility index (Phi) is 3.71. The van der Waals surface area contributed by atoms with Gasteiger partial charge in [-0.2, -0.15) is 0 Å². The number of rotatable bonds is 4. The Morgan fingerprint density at radius 1 is 1.75 bits per heavy atom. The number of carboxylic acid groups (broad SMARTS) is 1. The number of aliphatic carboxylic acids is 1. The number of halogens is 1. The lowest BCUT2D eigenvalue weighted by molar-refractivity contribution is -0.142. The van der Waals surface area contributed by atoms with E-state index >= 15 is 0 Å². The van der Waals surface area contributed by atoms with Crippen molar-refractivity contribution in [2.24, 2.45) is 0 Å². The van der Waals surface area contributed by atoms with Gasteiger partial charge in [-0.3, -0.25) is 0 Å². The van der Waals surface area contributed by atoms with Crippen LogP contribution in [0.3, 0.4) is 0 Å². The second kappa shape index (κ2) is 4.59. The van der Waals surface area contributed by atoms with Gasteiger partial charge in [0.05, 0.1) is 10.4 Å². The summed E-state index contributed by atoms with van der Waals surface area (Å²) < 4.78 is 5.91. The summed E-state index contributed by atoms with van der Waals surface area (Å²) in [5.41, 5.74) is 0.994. The van der Waals surface area contributed by atoms with Crippen LogP contribution in [-0.4, -0.2) is 17.7 Å². The van der Waals surface area contributed by atoms with E-state index < -0.39 is 5.97 Å². The van der Waals surface area contributed by atoms with Gasteiger partial charge in [0.15, 0.2) is 0 Å². The van der Waals surface area contributed by atoms with Crippen LogP contribution >= 0.6 is 27.3 Å². The molecule has 0 unspecified atom stereocenters. The van der Waals surface area contributed by atoms with Gasteiger partial charge < -0.3 is 9.84 Å². The molecule has 5 heteroatoms. The van der Waals surface area contributed by atoms with Gasteiger partial charge in [0.1, 0.15) is 6.61 Å². The summed E-state index contributed by atoms with van der Waals surface area (Å²) >= 11 is 4.85. The van der Waals surface area contributed by atoms with Crippen molar-refractivity contribution in [1.29, 1.82) is 0 Å². The molecule has 1 N–H and O–H groups in total. The molecule has 0 fully saturated rings. The first-order valence-electron chi connectivity index (χ1n) is 3.21. The minimum atomic E-state index is -0.940. The van der Waals surface area contributed by atoms with Gasteiger partial charge in [-0.1, -0.05) is 0 Å². The third-order valence-electron chi connectivity index (χ3n) is 1.12. The van der Waals surface area contributed by atoms with Crippen molar-refractivity contribution < 1.29 is 14.6 Å². The van der Waals surface area contributed by atoms with Crippen LogP contribution in [-0.2, 0) is 16.1 Å². The van der Waals surface area contributed by atoms with Crippen molar-refractivity contribution in [2.45, 2.75) is 6.61 Å².